The van der Waals surface area contributed by atoms with Gasteiger partial charge in [-0.1, -0.05) is 13.8 Å². The van der Waals surface area contributed by atoms with Crippen LogP contribution < -0.4 is 0 Å². The highest BCUT2D eigenvalue weighted by Crippen LogP contribution is 2.20. The van der Waals surface area contributed by atoms with Gasteiger partial charge in [-0.05, 0) is 0 Å². The van der Waals surface area contributed by atoms with Crippen LogP contribution in [0.4, 0.5) is 0 Å². The second-order valence-corrected chi connectivity index (χ2v) is 2.99. The van der Waals surface area contributed by atoms with Crippen molar-refractivity contribution >= 4 is 23.9 Å². The quantitative estimate of drug-likeness (QED) is 0.394. The lowest BCUT2D eigenvalue weighted by Gasteiger charge is -2.02. The molecular weight excluding hydrogens is 232 g/mol. The lowest BCUT2D eigenvalue weighted by atomic mass is 10.4. The maximum absolute atomic E-state index is 11.1. The molecule has 7 heteroatoms. The smallest absolute Gasteiger partial charge is 0.386 e. The molecule has 0 N–H and O–H groups in total. The van der Waals surface area contributed by atoms with Crippen LogP contribution in [-0.2, 0) is 33.4 Å². The number of rotatable bonds is 4. The van der Waals surface area contributed by atoms with Crippen molar-refractivity contribution in [2.75, 3.05) is 0 Å². The van der Waals surface area contributed by atoms with Gasteiger partial charge in [0.2, 0.25) is 0 Å². The molecule has 92 valence electrons. The average Bonchev–Trinajstić information content (AvgIpc) is 2.55. The largest absolute Gasteiger partial charge is 0.414 e. The molecular formula is C10H10O7. The van der Waals surface area contributed by atoms with Crippen molar-refractivity contribution in [1.82, 2.24) is 0 Å². The van der Waals surface area contributed by atoms with Crippen molar-refractivity contribution in [2.24, 2.45) is 0 Å². The fourth-order valence-electron chi connectivity index (χ4n) is 0.910. The van der Waals surface area contributed by atoms with Gasteiger partial charge >= 0.3 is 23.9 Å². The van der Waals surface area contributed by atoms with E-state index < -0.39 is 35.4 Å². The van der Waals surface area contributed by atoms with Crippen molar-refractivity contribution in [2.45, 2.75) is 26.7 Å². The van der Waals surface area contributed by atoms with Gasteiger partial charge in [0, 0.05) is 12.8 Å². The third kappa shape index (κ3) is 2.90. The van der Waals surface area contributed by atoms with Crippen LogP contribution in [0.3, 0.4) is 0 Å². The minimum Gasteiger partial charge on any atom is -0.414 e. The van der Waals surface area contributed by atoms with Crippen LogP contribution in [0, 0.1) is 0 Å². The summed E-state index contributed by atoms with van der Waals surface area (Å²) < 4.78 is 13.3. The first kappa shape index (κ1) is 12.9. The summed E-state index contributed by atoms with van der Waals surface area (Å²) in [4.78, 5) is 44.3. The lowest BCUT2D eigenvalue weighted by molar-refractivity contribution is -0.157. The van der Waals surface area contributed by atoms with Gasteiger partial charge in [0.25, 0.3) is 11.5 Å². The van der Waals surface area contributed by atoms with E-state index in [1.54, 1.807) is 0 Å². The van der Waals surface area contributed by atoms with Gasteiger partial charge < -0.3 is 14.2 Å². The van der Waals surface area contributed by atoms with Crippen LogP contribution in [0.15, 0.2) is 11.5 Å². The highest BCUT2D eigenvalue weighted by molar-refractivity contribution is 6.11. The summed E-state index contributed by atoms with van der Waals surface area (Å²) in [5, 5.41) is 0. The van der Waals surface area contributed by atoms with E-state index in [2.05, 4.69) is 14.2 Å². The number of carbonyl (C=O) groups is 4. The monoisotopic (exact) mass is 242 g/mol. The van der Waals surface area contributed by atoms with E-state index in [0.717, 1.165) is 0 Å². The van der Waals surface area contributed by atoms with Crippen molar-refractivity contribution < 1.29 is 33.4 Å². The molecule has 0 aliphatic carbocycles. The van der Waals surface area contributed by atoms with Gasteiger partial charge in [-0.25, -0.2) is 9.59 Å². The Morgan fingerprint density at radius 1 is 0.941 bits per heavy atom. The predicted molar refractivity (Wildman–Crippen MR) is 50.9 cm³/mol. The highest BCUT2D eigenvalue weighted by Gasteiger charge is 2.39. The SMILES string of the molecule is CCC(=O)OC1=C(OC(=O)CC)C(=O)OC1=O. The van der Waals surface area contributed by atoms with E-state index in [-0.39, 0.29) is 12.8 Å². The van der Waals surface area contributed by atoms with Gasteiger partial charge in [-0.2, -0.15) is 0 Å². The van der Waals surface area contributed by atoms with Gasteiger partial charge in [0.15, 0.2) is 0 Å². The summed E-state index contributed by atoms with van der Waals surface area (Å²) in [6.45, 7) is 3.01. The van der Waals surface area contributed by atoms with E-state index in [1.807, 2.05) is 0 Å². The first-order chi connectivity index (χ1) is 7.99. The minimum atomic E-state index is -1.14. The van der Waals surface area contributed by atoms with Crippen LogP contribution in [0.2, 0.25) is 0 Å². The van der Waals surface area contributed by atoms with E-state index >= 15 is 0 Å². The molecule has 0 saturated carbocycles. The summed E-state index contributed by atoms with van der Waals surface area (Å²) in [7, 11) is 0. The Bertz CT molecular complexity index is 380. The molecule has 0 aromatic rings. The van der Waals surface area contributed by atoms with Crippen LogP contribution in [0.25, 0.3) is 0 Å². The Morgan fingerprint density at radius 2 is 1.29 bits per heavy atom. The molecule has 1 heterocycles. The standard InChI is InChI=1S/C10H10O7/c1-3-5(11)15-7-8(16-6(12)4-2)10(14)17-9(7)13/h3-4H2,1-2H3. The van der Waals surface area contributed by atoms with Crippen molar-refractivity contribution in [3.63, 3.8) is 0 Å². The number of hydrogen-bond donors (Lipinski definition) is 0. The second kappa shape index (κ2) is 5.24. The molecule has 7 nitrogen and oxygen atoms in total. The maximum Gasteiger partial charge on any atom is 0.386 e. The predicted octanol–water partition coefficient (Wildman–Crippen LogP) is 0.188. The molecule has 1 rings (SSSR count). The van der Waals surface area contributed by atoms with Crippen LogP contribution in [-0.4, -0.2) is 23.9 Å². The molecule has 0 atom stereocenters. The van der Waals surface area contributed by atoms with Crippen molar-refractivity contribution in [3.8, 4) is 0 Å². The molecule has 0 radical (unpaired) electrons. The molecule has 0 aromatic heterocycles. The van der Waals surface area contributed by atoms with Crippen molar-refractivity contribution in [1.29, 1.82) is 0 Å². The molecule has 1 aliphatic heterocycles. The normalized spacial score (nSPS) is 14.7. The molecule has 0 amide bonds. The second-order valence-electron chi connectivity index (χ2n) is 2.99. The first-order valence-corrected chi connectivity index (χ1v) is 4.91. The summed E-state index contributed by atoms with van der Waals surface area (Å²) in [5.74, 6) is -5.12. The molecule has 17 heavy (non-hydrogen) atoms. The molecule has 0 unspecified atom stereocenters. The summed E-state index contributed by atoms with van der Waals surface area (Å²) in [5.41, 5.74) is 0. The van der Waals surface area contributed by atoms with Crippen molar-refractivity contribution in [3.05, 3.63) is 11.5 Å². The first-order valence-electron chi connectivity index (χ1n) is 4.91. The maximum atomic E-state index is 11.1. The van der Waals surface area contributed by atoms with Gasteiger partial charge in [0.05, 0.1) is 0 Å². The molecule has 0 aromatic carbocycles. The molecule has 0 spiro atoms. The Labute approximate surface area is 96.3 Å². The van der Waals surface area contributed by atoms with Crippen LogP contribution >= 0.6 is 0 Å². The molecule has 1 aliphatic rings. The summed E-state index contributed by atoms with van der Waals surface area (Å²) >= 11 is 0. The topological polar surface area (TPSA) is 96.0 Å². The number of carbonyl (C=O) groups excluding carboxylic acids is 4. The van der Waals surface area contributed by atoms with Crippen LogP contribution in [0.5, 0.6) is 0 Å². The summed E-state index contributed by atoms with van der Waals surface area (Å²) in [6.07, 6.45) is -0.0000502. The van der Waals surface area contributed by atoms with E-state index in [1.165, 1.54) is 13.8 Å². The zero-order chi connectivity index (χ0) is 13.0. The Hall–Kier alpha value is -2.18. The number of cyclic esters (lactones) is 2. The van der Waals surface area contributed by atoms with Crippen LogP contribution in [0.1, 0.15) is 26.7 Å². The Morgan fingerprint density at radius 3 is 1.59 bits per heavy atom. The van der Waals surface area contributed by atoms with E-state index in [9.17, 15) is 19.2 Å². The number of hydrogen-bond acceptors (Lipinski definition) is 7. The zero-order valence-electron chi connectivity index (χ0n) is 9.27. The van der Waals surface area contributed by atoms with Gasteiger partial charge in [-0.3, -0.25) is 9.59 Å². The molecule has 0 fully saturated rings. The summed E-state index contributed by atoms with van der Waals surface area (Å²) in [6, 6.07) is 0. The zero-order valence-corrected chi connectivity index (χ0v) is 9.27. The van der Waals surface area contributed by atoms with Gasteiger partial charge in [0.1, 0.15) is 0 Å². The highest BCUT2D eigenvalue weighted by atomic mass is 16.7. The molecule has 0 saturated heterocycles. The van der Waals surface area contributed by atoms with Gasteiger partial charge in [-0.15, -0.1) is 0 Å². The van der Waals surface area contributed by atoms with E-state index in [0.29, 0.717) is 0 Å². The fraction of sp³-hybridized carbons (Fsp3) is 0.400. The average molecular weight is 242 g/mol. The fourth-order valence-corrected chi connectivity index (χ4v) is 0.910. The third-order valence-electron chi connectivity index (χ3n) is 1.77. The number of esters is 4. The molecule has 0 bridgehead atoms. The third-order valence-corrected chi connectivity index (χ3v) is 1.77. The lowest BCUT2D eigenvalue weighted by Crippen LogP contribution is -2.11. The van der Waals surface area contributed by atoms with E-state index in [4.69, 9.17) is 0 Å². The Kier molecular flexibility index (Phi) is 3.97. The number of ether oxygens (including phenoxy) is 3. The Balaban J connectivity index is 2.96. The minimum absolute atomic E-state index is 0.0000251.